The minimum atomic E-state index is 0. The second kappa shape index (κ2) is 2270. The Kier molecular flexibility index (Phi) is 13500. The fourth-order valence-electron chi connectivity index (χ4n) is 0. The Morgan fingerprint density at radius 1 is 0.625 bits per heavy atom. The molecule has 0 aromatic carbocycles. The Bertz CT molecular complexity index is 43.0. The van der Waals surface area contributed by atoms with Crippen LogP contribution < -0.4 is 0 Å². The van der Waals surface area contributed by atoms with E-state index in [-0.39, 0.29) is 38.3 Å². The van der Waals surface area contributed by atoms with Crippen molar-refractivity contribution in [3.05, 3.63) is 19.7 Å². The first-order valence-corrected chi connectivity index (χ1v) is 0.671. The van der Waals surface area contributed by atoms with Crippen LogP contribution in [0.3, 0.4) is 0 Å². The van der Waals surface area contributed by atoms with Crippen molar-refractivity contribution < 1.29 is 19.5 Å². The summed E-state index contributed by atoms with van der Waals surface area (Å²) in [6.07, 6.45) is 0. The summed E-state index contributed by atoms with van der Waals surface area (Å²) in [4.78, 5) is 0. The molecule has 0 bridgehead atoms. The Hall–Kier alpha value is -0.309. The predicted octanol–water partition coefficient (Wildman–Crippen LogP) is -0.0942. The van der Waals surface area contributed by atoms with E-state index >= 15 is 0 Å². The third-order valence-electron chi connectivity index (χ3n) is 0. The van der Waals surface area contributed by atoms with Gasteiger partial charge in [-0.05, 0) is 0 Å². The molecule has 0 aliphatic rings. The number of rotatable bonds is 0. The average molecular weight is 188 g/mol. The SMILES string of the molecule is [C-]#N.[C-]#N.[C-]#N.[Li].[Rh+3]. The van der Waals surface area contributed by atoms with Crippen molar-refractivity contribution in [2.24, 2.45) is 0 Å². The van der Waals surface area contributed by atoms with Gasteiger partial charge in [0.2, 0.25) is 0 Å². The summed E-state index contributed by atoms with van der Waals surface area (Å²) < 4.78 is 0. The van der Waals surface area contributed by atoms with Crippen molar-refractivity contribution >= 4 is 18.9 Å². The van der Waals surface area contributed by atoms with Crippen molar-refractivity contribution in [3.8, 4) is 0 Å². The van der Waals surface area contributed by atoms with E-state index in [0.29, 0.717) is 0 Å². The van der Waals surface area contributed by atoms with Gasteiger partial charge in [-0.1, -0.05) is 0 Å². The summed E-state index contributed by atoms with van der Waals surface area (Å²) in [6.45, 7) is 14.2. The molecule has 0 heterocycles. The third kappa shape index (κ3) is 1310. The van der Waals surface area contributed by atoms with Gasteiger partial charge in [0.1, 0.15) is 0 Å². The molecule has 0 aromatic rings. The Morgan fingerprint density at radius 3 is 0.625 bits per heavy atom. The smallest absolute Gasteiger partial charge is 0.512 e. The summed E-state index contributed by atoms with van der Waals surface area (Å²) in [5.74, 6) is 0. The molecule has 0 aromatic heterocycles. The van der Waals surface area contributed by atoms with E-state index in [4.69, 9.17) is 35.5 Å². The van der Waals surface area contributed by atoms with Crippen molar-refractivity contribution in [1.29, 1.82) is 15.8 Å². The molecule has 37 valence electrons. The molecule has 0 saturated carbocycles. The molecular weight excluding hydrogens is 188 g/mol. The molecular formula is C3LiN3Rh. The van der Waals surface area contributed by atoms with E-state index in [0.717, 1.165) is 0 Å². The third-order valence-corrected chi connectivity index (χ3v) is 0. The van der Waals surface area contributed by atoms with Gasteiger partial charge in [0.25, 0.3) is 0 Å². The van der Waals surface area contributed by atoms with Gasteiger partial charge in [0.05, 0.1) is 0 Å². The van der Waals surface area contributed by atoms with Gasteiger partial charge in [-0.2, -0.15) is 0 Å². The Morgan fingerprint density at radius 2 is 0.625 bits per heavy atom. The second-order valence-electron chi connectivity index (χ2n) is 0. The maximum Gasteiger partial charge on any atom is 3.00 e. The van der Waals surface area contributed by atoms with Crippen LogP contribution in [0.5, 0.6) is 0 Å². The van der Waals surface area contributed by atoms with Crippen molar-refractivity contribution in [3.63, 3.8) is 0 Å². The van der Waals surface area contributed by atoms with Gasteiger partial charge in [-0.25, -0.2) is 0 Å². The minimum absolute atomic E-state index is 0. The fourth-order valence-corrected chi connectivity index (χ4v) is 0. The largest absolute Gasteiger partial charge is 3.00 e. The van der Waals surface area contributed by atoms with Gasteiger partial charge in [-0.3, -0.25) is 0 Å². The predicted molar refractivity (Wildman–Crippen MR) is 20.7 cm³/mol. The second-order valence-corrected chi connectivity index (χ2v) is 0. The van der Waals surface area contributed by atoms with E-state index in [1.165, 1.54) is 0 Å². The summed E-state index contributed by atoms with van der Waals surface area (Å²) in [7, 11) is 0. The van der Waals surface area contributed by atoms with Crippen LogP contribution in [0.2, 0.25) is 0 Å². The van der Waals surface area contributed by atoms with Crippen LogP contribution in [0.1, 0.15) is 0 Å². The molecule has 0 spiro atoms. The number of hydrogen-bond acceptors (Lipinski definition) is 3. The first-order valence-electron chi connectivity index (χ1n) is 0.671. The molecule has 0 atom stereocenters. The number of nitrogens with zero attached hydrogens (tertiary/aromatic N) is 3. The van der Waals surface area contributed by atoms with E-state index in [1.54, 1.807) is 0 Å². The Labute approximate surface area is 73.8 Å². The van der Waals surface area contributed by atoms with E-state index in [2.05, 4.69) is 0 Å². The van der Waals surface area contributed by atoms with Crippen molar-refractivity contribution in [1.82, 2.24) is 0 Å². The first-order chi connectivity index (χ1) is 3.00. The monoisotopic (exact) mass is 188 g/mol. The van der Waals surface area contributed by atoms with Crippen LogP contribution in [0, 0.1) is 35.5 Å². The van der Waals surface area contributed by atoms with Gasteiger partial charge in [0, 0.05) is 18.9 Å². The molecule has 0 fully saturated rings. The minimum Gasteiger partial charge on any atom is -0.512 e. The topological polar surface area (TPSA) is 71.4 Å². The van der Waals surface area contributed by atoms with Gasteiger partial charge in [-0.15, -0.1) is 0 Å². The van der Waals surface area contributed by atoms with Crippen LogP contribution in [0.15, 0.2) is 0 Å². The van der Waals surface area contributed by atoms with Crippen LogP contribution in [-0.4, -0.2) is 18.9 Å². The molecule has 0 N–H and O–H groups in total. The quantitative estimate of drug-likeness (QED) is 0.393. The molecule has 0 aliphatic heterocycles. The van der Waals surface area contributed by atoms with Crippen LogP contribution in [-0.2, 0) is 19.5 Å². The standard InChI is InChI=1S/3CN.Li.Rh/c3*1-2;;/q3*-1;;+3. The maximum atomic E-state index is 6.25. The summed E-state index contributed by atoms with van der Waals surface area (Å²) in [5, 5.41) is 18.8. The Balaban J connectivity index is -0.00000000500. The molecule has 0 rings (SSSR count). The van der Waals surface area contributed by atoms with Crippen molar-refractivity contribution in [2.75, 3.05) is 0 Å². The first kappa shape index (κ1) is 47.6. The normalized spacial score (nSPS) is 0.750. The molecule has 0 aliphatic carbocycles. The van der Waals surface area contributed by atoms with Crippen molar-refractivity contribution in [2.45, 2.75) is 0 Å². The van der Waals surface area contributed by atoms with Gasteiger partial charge in [0.15, 0.2) is 0 Å². The van der Waals surface area contributed by atoms with E-state index < -0.39 is 0 Å². The summed E-state index contributed by atoms with van der Waals surface area (Å²) in [5.41, 5.74) is 0. The fraction of sp³-hybridized carbons (Fsp3) is 0. The van der Waals surface area contributed by atoms with E-state index in [9.17, 15) is 0 Å². The zero-order valence-electron chi connectivity index (χ0n) is 4.17. The molecule has 1 radical (unpaired) electrons. The molecule has 5 heteroatoms. The molecule has 0 unspecified atom stereocenters. The van der Waals surface area contributed by atoms with Gasteiger partial charge >= 0.3 is 19.5 Å². The number of hydrogen-bond donors (Lipinski definition) is 0. The van der Waals surface area contributed by atoms with Gasteiger partial charge < -0.3 is 35.5 Å². The van der Waals surface area contributed by atoms with Crippen LogP contribution in [0.4, 0.5) is 0 Å². The van der Waals surface area contributed by atoms with Crippen LogP contribution in [0.25, 0.3) is 0 Å². The zero-order chi connectivity index (χ0) is 6.00. The maximum absolute atomic E-state index is 6.25. The summed E-state index contributed by atoms with van der Waals surface area (Å²) >= 11 is 0. The molecule has 8 heavy (non-hydrogen) atoms. The molecule has 0 saturated heterocycles. The van der Waals surface area contributed by atoms with E-state index in [1.807, 2.05) is 0 Å². The average Bonchev–Trinajstić information content (AvgIpc) is 1.81. The zero-order valence-corrected chi connectivity index (χ0v) is 5.81. The van der Waals surface area contributed by atoms with Crippen LogP contribution >= 0.6 is 0 Å². The molecule has 0 amide bonds. The summed E-state index contributed by atoms with van der Waals surface area (Å²) in [6, 6.07) is 0. The molecule has 3 nitrogen and oxygen atoms in total.